The number of pyridine rings is 1. The van der Waals surface area contributed by atoms with Crippen LogP contribution in [0.4, 0.5) is 10.1 Å². The van der Waals surface area contributed by atoms with Gasteiger partial charge in [-0.15, -0.1) is 0 Å². The highest BCUT2D eigenvalue weighted by molar-refractivity contribution is 14.1. The van der Waals surface area contributed by atoms with Gasteiger partial charge in [0.05, 0.1) is 17.8 Å². The average Bonchev–Trinajstić information content (AvgIpc) is 2.81. The number of nitrogens with one attached hydrogen (secondary N) is 1. The Morgan fingerprint density at radius 3 is 2.68 bits per heavy atom. The van der Waals surface area contributed by atoms with Crippen molar-refractivity contribution in [3.8, 4) is 16.9 Å². The monoisotopic (exact) mass is 590 g/mol. The number of unbranched alkanes of at least 4 members (excludes halogenated alkanes) is 1. The fraction of sp³-hybridized carbons (Fsp3) is 0.185. The van der Waals surface area contributed by atoms with Crippen molar-refractivity contribution in [2.75, 3.05) is 12.4 Å². The number of aryl methyl sites for hydroxylation is 1. The molecule has 0 fully saturated rings. The van der Waals surface area contributed by atoms with Crippen molar-refractivity contribution in [3.05, 3.63) is 92.6 Å². The van der Waals surface area contributed by atoms with Gasteiger partial charge in [-0.25, -0.2) is 4.39 Å². The van der Waals surface area contributed by atoms with Crippen molar-refractivity contribution in [1.82, 2.24) is 4.98 Å². The highest BCUT2D eigenvalue weighted by atomic mass is 127. The quantitative estimate of drug-likeness (QED) is 0.215. The number of nitrogens with zero attached hydrogens (tertiary/aromatic N) is 1. The Kier molecular flexibility index (Phi) is 8.85. The molecular weight excluding hydrogens is 566 g/mol. The van der Waals surface area contributed by atoms with E-state index in [2.05, 4.69) is 52.5 Å². The Morgan fingerprint density at radius 2 is 2.00 bits per heavy atom. The predicted octanol–water partition coefficient (Wildman–Crippen LogP) is 7.82. The highest BCUT2D eigenvalue weighted by Gasteiger charge is 2.19. The third-order valence-corrected chi connectivity index (χ3v) is 6.21. The number of allylic oxidation sites excluding steroid dienone is 1. The number of anilines is 1. The minimum Gasteiger partial charge on any atom is -0.493 e. The number of ether oxygens (including phenoxy) is 1. The zero-order valence-electron chi connectivity index (χ0n) is 19.2. The highest BCUT2D eigenvalue weighted by Crippen LogP contribution is 2.38. The second-order valence-electron chi connectivity index (χ2n) is 7.62. The molecule has 0 radical (unpaired) electrons. The van der Waals surface area contributed by atoms with E-state index in [-0.39, 0.29) is 11.7 Å². The maximum atomic E-state index is 14.7. The van der Waals surface area contributed by atoms with Crippen LogP contribution in [0.1, 0.15) is 36.6 Å². The minimum atomic E-state index is -0.408. The van der Waals surface area contributed by atoms with Gasteiger partial charge in [-0.3, -0.25) is 9.78 Å². The fourth-order valence-corrected chi connectivity index (χ4v) is 4.32. The van der Waals surface area contributed by atoms with Crippen LogP contribution < -0.4 is 10.1 Å². The SMILES string of the molecule is C=CC(=O)Nc1cc(-c2cnc(C)c(/C(=C\CCC)c3cc(I)cc(F)c3OC)c2)ccc1Cl. The summed E-state index contributed by atoms with van der Waals surface area (Å²) >= 11 is 8.37. The van der Waals surface area contributed by atoms with E-state index in [9.17, 15) is 9.18 Å². The molecule has 7 heteroatoms. The zero-order chi connectivity index (χ0) is 24.8. The predicted molar refractivity (Wildman–Crippen MR) is 146 cm³/mol. The minimum absolute atomic E-state index is 0.202. The van der Waals surface area contributed by atoms with Gasteiger partial charge in [0, 0.05) is 32.2 Å². The Morgan fingerprint density at radius 1 is 1.24 bits per heavy atom. The van der Waals surface area contributed by atoms with Crippen LogP contribution in [-0.4, -0.2) is 18.0 Å². The maximum absolute atomic E-state index is 14.7. The lowest BCUT2D eigenvalue weighted by atomic mass is 9.92. The molecule has 176 valence electrons. The first-order chi connectivity index (χ1) is 16.3. The molecule has 4 nitrogen and oxygen atoms in total. The third-order valence-electron chi connectivity index (χ3n) is 5.26. The molecule has 2 aromatic carbocycles. The summed E-state index contributed by atoms with van der Waals surface area (Å²) in [5.74, 6) is -0.554. The summed E-state index contributed by atoms with van der Waals surface area (Å²) in [4.78, 5) is 16.4. The summed E-state index contributed by atoms with van der Waals surface area (Å²) in [6, 6.07) is 10.8. The maximum Gasteiger partial charge on any atom is 0.247 e. The van der Waals surface area contributed by atoms with Crippen molar-refractivity contribution in [1.29, 1.82) is 0 Å². The number of amides is 1. The van der Waals surface area contributed by atoms with Gasteiger partial charge in [0.2, 0.25) is 5.91 Å². The number of methoxy groups -OCH3 is 1. The summed E-state index contributed by atoms with van der Waals surface area (Å²) in [5.41, 5.74) is 5.36. The van der Waals surface area contributed by atoms with Crippen molar-refractivity contribution in [3.63, 3.8) is 0 Å². The van der Waals surface area contributed by atoms with Crippen molar-refractivity contribution in [2.24, 2.45) is 0 Å². The molecule has 1 amide bonds. The van der Waals surface area contributed by atoms with Gasteiger partial charge in [-0.05, 0) is 83.5 Å². The molecule has 0 spiro atoms. The second-order valence-corrected chi connectivity index (χ2v) is 9.27. The Balaban J connectivity index is 2.18. The van der Waals surface area contributed by atoms with E-state index in [4.69, 9.17) is 16.3 Å². The van der Waals surface area contributed by atoms with Gasteiger partial charge in [-0.1, -0.05) is 43.7 Å². The van der Waals surface area contributed by atoms with Gasteiger partial charge in [-0.2, -0.15) is 0 Å². The first-order valence-electron chi connectivity index (χ1n) is 10.7. The largest absolute Gasteiger partial charge is 0.493 e. The van der Waals surface area contributed by atoms with Crippen LogP contribution in [0, 0.1) is 16.3 Å². The fourth-order valence-electron chi connectivity index (χ4n) is 3.57. The van der Waals surface area contributed by atoms with Gasteiger partial charge in [0.25, 0.3) is 0 Å². The van der Waals surface area contributed by atoms with Gasteiger partial charge in [0.15, 0.2) is 11.6 Å². The molecule has 0 bridgehead atoms. The van der Waals surface area contributed by atoms with E-state index < -0.39 is 5.82 Å². The molecule has 34 heavy (non-hydrogen) atoms. The third kappa shape index (κ3) is 5.85. The average molecular weight is 591 g/mol. The van der Waals surface area contributed by atoms with E-state index in [1.54, 1.807) is 18.3 Å². The molecule has 0 aliphatic heterocycles. The molecule has 3 aromatic rings. The molecule has 0 atom stereocenters. The van der Waals surface area contributed by atoms with Crippen molar-refractivity contribution >= 4 is 51.4 Å². The molecule has 0 aliphatic rings. The summed E-state index contributed by atoms with van der Waals surface area (Å²) in [7, 11) is 1.47. The zero-order valence-corrected chi connectivity index (χ0v) is 22.1. The Hall–Kier alpha value is -2.71. The standard InChI is InChI=1S/C27H25ClFIN2O2/c1-5-7-8-20(22-13-19(30)14-24(29)27(22)34-4)21-11-18(15-31-16(21)3)17-9-10-23(28)25(12-17)32-26(33)6-2/h6,8-15H,2,5,7H2,1,3-4H3,(H,32,33)/b20-8+. The number of carbonyl (C=O) groups is 1. The number of benzene rings is 2. The summed E-state index contributed by atoms with van der Waals surface area (Å²) in [6.45, 7) is 7.49. The molecule has 3 rings (SSSR count). The van der Waals surface area contributed by atoms with Gasteiger partial charge < -0.3 is 10.1 Å². The van der Waals surface area contributed by atoms with E-state index in [0.717, 1.165) is 44.4 Å². The molecule has 0 saturated heterocycles. The summed E-state index contributed by atoms with van der Waals surface area (Å²) in [6.07, 6.45) is 6.80. The van der Waals surface area contributed by atoms with Crippen LogP contribution in [0.3, 0.4) is 0 Å². The molecular formula is C27H25ClFIN2O2. The smallest absolute Gasteiger partial charge is 0.247 e. The Labute approximate surface area is 218 Å². The lowest BCUT2D eigenvalue weighted by Gasteiger charge is -2.17. The molecule has 1 aromatic heterocycles. The number of aromatic nitrogens is 1. The van der Waals surface area contributed by atoms with Gasteiger partial charge >= 0.3 is 0 Å². The summed E-state index contributed by atoms with van der Waals surface area (Å²) in [5, 5.41) is 3.14. The normalized spacial score (nSPS) is 11.3. The molecule has 1 N–H and O–H groups in total. The van der Waals surface area contributed by atoms with Gasteiger partial charge in [0.1, 0.15) is 0 Å². The van der Waals surface area contributed by atoms with Crippen LogP contribution >= 0.6 is 34.2 Å². The van der Waals surface area contributed by atoms with Crippen LogP contribution in [0.15, 0.2) is 61.3 Å². The van der Waals surface area contributed by atoms with Crippen LogP contribution in [0.5, 0.6) is 5.75 Å². The van der Waals surface area contributed by atoms with Crippen molar-refractivity contribution in [2.45, 2.75) is 26.7 Å². The molecule has 0 aliphatic carbocycles. The Bertz CT molecular complexity index is 1270. The van der Waals surface area contributed by atoms with Crippen LogP contribution in [0.25, 0.3) is 16.7 Å². The number of hydrogen-bond acceptors (Lipinski definition) is 3. The van der Waals surface area contributed by atoms with E-state index >= 15 is 0 Å². The number of carbonyl (C=O) groups excluding carboxylic acids is 1. The van der Waals surface area contributed by atoms with E-state index in [0.29, 0.717) is 16.3 Å². The van der Waals surface area contributed by atoms with E-state index in [1.807, 2.05) is 25.1 Å². The second kappa shape index (κ2) is 11.6. The van der Waals surface area contributed by atoms with Crippen LogP contribution in [0.2, 0.25) is 5.02 Å². The number of rotatable bonds is 8. The first-order valence-corrected chi connectivity index (χ1v) is 12.2. The van der Waals surface area contributed by atoms with Crippen LogP contribution in [-0.2, 0) is 4.79 Å². The number of halogens is 3. The molecule has 0 unspecified atom stereocenters. The van der Waals surface area contributed by atoms with Crippen molar-refractivity contribution < 1.29 is 13.9 Å². The molecule has 0 saturated carbocycles. The number of hydrogen-bond donors (Lipinski definition) is 1. The lowest BCUT2D eigenvalue weighted by molar-refractivity contribution is -0.111. The first kappa shape index (κ1) is 25.9. The van der Waals surface area contributed by atoms with E-state index in [1.165, 1.54) is 19.3 Å². The lowest BCUT2D eigenvalue weighted by Crippen LogP contribution is -2.07. The topological polar surface area (TPSA) is 51.2 Å². The molecule has 1 heterocycles. The summed E-state index contributed by atoms with van der Waals surface area (Å²) < 4.78 is 21.0.